The second-order valence-corrected chi connectivity index (χ2v) is 3.55. The molecular weight excluding hydrogens is 178 g/mol. The van der Waals surface area contributed by atoms with E-state index in [0.29, 0.717) is 5.88 Å². The maximum atomic E-state index is 5.67. The van der Waals surface area contributed by atoms with Gasteiger partial charge in [-0.15, -0.1) is 0 Å². The summed E-state index contributed by atoms with van der Waals surface area (Å²) < 4.78 is 5.54. The Morgan fingerprint density at radius 3 is 2.50 bits per heavy atom. The van der Waals surface area contributed by atoms with Gasteiger partial charge in [-0.3, -0.25) is 0 Å². The molecule has 0 aromatic heterocycles. The Labute approximate surface area is 85.0 Å². The van der Waals surface area contributed by atoms with Gasteiger partial charge in [0.1, 0.15) is 6.10 Å². The molecule has 0 aliphatic carbocycles. The fourth-order valence-corrected chi connectivity index (χ4v) is 1.36. The Kier molecular flexibility index (Phi) is 4.32. The SMILES string of the molecule is C/C(N)=C/C=C(\N)OC1CCNCC1. The number of ether oxygens (including phenoxy) is 1. The molecule has 0 atom stereocenters. The summed E-state index contributed by atoms with van der Waals surface area (Å²) in [6, 6.07) is 0. The Balaban J connectivity index is 2.34. The van der Waals surface area contributed by atoms with E-state index in [2.05, 4.69) is 5.32 Å². The Morgan fingerprint density at radius 2 is 1.93 bits per heavy atom. The van der Waals surface area contributed by atoms with Crippen LogP contribution in [0.15, 0.2) is 23.7 Å². The lowest BCUT2D eigenvalue weighted by Gasteiger charge is -2.23. The second kappa shape index (κ2) is 5.54. The third kappa shape index (κ3) is 4.18. The lowest BCUT2D eigenvalue weighted by molar-refractivity contribution is 0.0865. The first-order valence-corrected chi connectivity index (χ1v) is 4.95. The zero-order valence-corrected chi connectivity index (χ0v) is 8.62. The average molecular weight is 197 g/mol. The zero-order chi connectivity index (χ0) is 10.4. The molecule has 80 valence electrons. The molecule has 1 saturated heterocycles. The van der Waals surface area contributed by atoms with Crippen LogP contribution in [0, 0.1) is 0 Å². The van der Waals surface area contributed by atoms with Crippen molar-refractivity contribution in [1.82, 2.24) is 5.32 Å². The number of nitrogens with one attached hydrogen (secondary N) is 1. The molecule has 1 heterocycles. The highest BCUT2D eigenvalue weighted by Crippen LogP contribution is 2.09. The van der Waals surface area contributed by atoms with Crippen LogP contribution in [-0.2, 0) is 4.74 Å². The molecule has 0 spiro atoms. The molecule has 0 aromatic carbocycles. The van der Waals surface area contributed by atoms with E-state index >= 15 is 0 Å². The minimum atomic E-state index is 0.249. The van der Waals surface area contributed by atoms with E-state index in [0.717, 1.165) is 31.6 Å². The van der Waals surface area contributed by atoms with Crippen molar-refractivity contribution < 1.29 is 4.74 Å². The Bertz CT molecular complexity index is 226. The number of hydrogen-bond acceptors (Lipinski definition) is 4. The summed E-state index contributed by atoms with van der Waals surface area (Å²) >= 11 is 0. The largest absolute Gasteiger partial charge is 0.476 e. The van der Waals surface area contributed by atoms with Gasteiger partial charge >= 0.3 is 0 Å². The predicted molar refractivity (Wildman–Crippen MR) is 57.2 cm³/mol. The van der Waals surface area contributed by atoms with E-state index < -0.39 is 0 Å². The molecule has 0 unspecified atom stereocenters. The van der Waals surface area contributed by atoms with Crippen molar-refractivity contribution in [2.45, 2.75) is 25.9 Å². The maximum Gasteiger partial charge on any atom is 0.184 e. The number of hydrogen-bond donors (Lipinski definition) is 3. The molecule has 0 radical (unpaired) electrons. The average Bonchev–Trinajstić information content (AvgIpc) is 2.16. The van der Waals surface area contributed by atoms with Crippen LogP contribution in [0.4, 0.5) is 0 Å². The van der Waals surface area contributed by atoms with Crippen molar-refractivity contribution in [1.29, 1.82) is 0 Å². The normalized spacial score (nSPS) is 20.9. The highest BCUT2D eigenvalue weighted by Gasteiger charge is 2.13. The first-order chi connectivity index (χ1) is 6.68. The molecule has 1 fully saturated rings. The molecule has 1 aliphatic heterocycles. The van der Waals surface area contributed by atoms with Gasteiger partial charge in [0.15, 0.2) is 5.88 Å². The third-order valence-corrected chi connectivity index (χ3v) is 2.10. The van der Waals surface area contributed by atoms with Gasteiger partial charge in [0.2, 0.25) is 0 Å². The quantitative estimate of drug-likeness (QED) is 0.453. The van der Waals surface area contributed by atoms with E-state index in [1.807, 2.05) is 6.92 Å². The minimum Gasteiger partial charge on any atom is -0.476 e. The summed E-state index contributed by atoms with van der Waals surface area (Å²) in [4.78, 5) is 0. The number of piperidine rings is 1. The van der Waals surface area contributed by atoms with Gasteiger partial charge in [0, 0.05) is 5.70 Å². The van der Waals surface area contributed by atoms with Crippen LogP contribution in [-0.4, -0.2) is 19.2 Å². The molecule has 0 saturated carbocycles. The van der Waals surface area contributed by atoms with Crippen LogP contribution in [0.3, 0.4) is 0 Å². The summed E-state index contributed by atoms with van der Waals surface area (Å²) in [6.45, 7) is 3.82. The van der Waals surface area contributed by atoms with Crippen LogP contribution in [0.1, 0.15) is 19.8 Å². The standard InChI is InChI=1S/C10H19N3O/c1-8(11)2-3-10(12)14-9-4-6-13-7-5-9/h2-3,9,13H,4-7,11-12H2,1H3/b8-2-,10-3+. The molecule has 1 aliphatic rings. The Morgan fingerprint density at radius 1 is 1.29 bits per heavy atom. The molecule has 0 bridgehead atoms. The van der Waals surface area contributed by atoms with Crippen LogP contribution in [0.25, 0.3) is 0 Å². The van der Waals surface area contributed by atoms with Crippen LogP contribution >= 0.6 is 0 Å². The number of rotatable bonds is 3. The molecule has 4 heteroatoms. The van der Waals surface area contributed by atoms with Gasteiger partial charge in [0.05, 0.1) is 0 Å². The molecule has 5 N–H and O–H groups in total. The fourth-order valence-electron chi connectivity index (χ4n) is 1.36. The lowest BCUT2D eigenvalue weighted by atomic mass is 10.1. The summed E-state index contributed by atoms with van der Waals surface area (Å²) in [6.07, 6.45) is 5.73. The lowest BCUT2D eigenvalue weighted by Crippen LogP contribution is -2.33. The van der Waals surface area contributed by atoms with Gasteiger partial charge in [0.25, 0.3) is 0 Å². The maximum absolute atomic E-state index is 5.67. The summed E-state index contributed by atoms with van der Waals surface area (Å²) in [5.74, 6) is 0.446. The molecule has 0 amide bonds. The van der Waals surface area contributed by atoms with Crippen molar-refractivity contribution in [3.05, 3.63) is 23.7 Å². The Hall–Kier alpha value is -1.16. The first-order valence-electron chi connectivity index (χ1n) is 4.95. The molecule has 0 aromatic rings. The van der Waals surface area contributed by atoms with E-state index in [9.17, 15) is 0 Å². The molecule has 1 rings (SSSR count). The molecular formula is C10H19N3O. The highest BCUT2D eigenvalue weighted by molar-refractivity contribution is 5.09. The predicted octanol–water partition coefficient (Wildman–Crippen LogP) is 0.418. The van der Waals surface area contributed by atoms with E-state index in [1.165, 1.54) is 0 Å². The van der Waals surface area contributed by atoms with Crippen LogP contribution in [0.5, 0.6) is 0 Å². The second-order valence-electron chi connectivity index (χ2n) is 3.55. The van der Waals surface area contributed by atoms with Gasteiger partial charge in [-0.25, -0.2) is 0 Å². The zero-order valence-electron chi connectivity index (χ0n) is 8.62. The van der Waals surface area contributed by atoms with E-state index in [1.54, 1.807) is 12.2 Å². The van der Waals surface area contributed by atoms with E-state index in [4.69, 9.17) is 16.2 Å². The molecule has 4 nitrogen and oxygen atoms in total. The highest BCUT2D eigenvalue weighted by atomic mass is 16.5. The summed E-state index contributed by atoms with van der Waals surface area (Å²) in [7, 11) is 0. The number of nitrogens with two attached hydrogens (primary N) is 2. The monoisotopic (exact) mass is 197 g/mol. The first kappa shape index (κ1) is 10.9. The van der Waals surface area contributed by atoms with Crippen molar-refractivity contribution in [2.75, 3.05) is 13.1 Å². The molecule has 14 heavy (non-hydrogen) atoms. The number of allylic oxidation sites excluding steroid dienone is 3. The van der Waals surface area contributed by atoms with Crippen LogP contribution < -0.4 is 16.8 Å². The van der Waals surface area contributed by atoms with Crippen molar-refractivity contribution in [3.8, 4) is 0 Å². The fraction of sp³-hybridized carbons (Fsp3) is 0.600. The topological polar surface area (TPSA) is 73.3 Å². The van der Waals surface area contributed by atoms with Gasteiger partial charge in [-0.2, -0.15) is 0 Å². The summed E-state index contributed by atoms with van der Waals surface area (Å²) in [5, 5.41) is 3.27. The summed E-state index contributed by atoms with van der Waals surface area (Å²) in [5.41, 5.74) is 11.9. The van der Waals surface area contributed by atoms with Gasteiger partial charge in [-0.05, 0) is 45.0 Å². The van der Waals surface area contributed by atoms with Crippen molar-refractivity contribution in [2.24, 2.45) is 11.5 Å². The van der Waals surface area contributed by atoms with Gasteiger partial charge < -0.3 is 21.5 Å². The van der Waals surface area contributed by atoms with Gasteiger partial charge in [-0.1, -0.05) is 0 Å². The third-order valence-electron chi connectivity index (χ3n) is 2.10. The smallest absolute Gasteiger partial charge is 0.184 e. The van der Waals surface area contributed by atoms with Crippen LogP contribution in [0.2, 0.25) is 0 Å². The van der Waals surface area contributed by atoms with Crippen molar-refractivity contribution in [3.63, 3.8) is 0 Å². The van der Waals surface area contributed by atoms with Crippen molar-refractivity contribution >= 4 is 0 Å². The minimum absolute atomic E-state index is 0.249. The van der Waals surface area contributed by atoms with E-state index in [-0.39, 0.29) is 6.10 Å².